The molecule has 1 fully saturated rings. The number of piperazine rings is 1. The Hall–Kier alpha value is -4.58. The van der Waals surface area contributed by atoms with Crippen molar-refractivity contribution in [1.29, 1.82) is 0 Å². The first kappa shape index (κ1) is 35.3. The Balaban J connectivity index is 1.56. The van der Waals surface area contributed by atoms with Crippen LogP contribution in [0.5, 0.6) is 0 Å². The summed E-state index contributed by atoms with van der Waals surface area (Å²) in [6.07, 6.45) is 1.73. The summed E-state index contributed by atoms with van der Waals surface area (Å²) < 4.78 is 17.2. The number of nitrogens with one attached hydrogen (secondary N) is 3. The Morgan fingerprint density at radius 3 is 2.13 bits per heavy atom. The molecule has 4 rings (SSSR count). The van der Waals surface area contributed by atoms with Gasteiger partial charge >= 0.3 is 0 Å². The summed E-state index contributed by atoms with van der Waals surface area (Å²) in [5, 5.41) is 12.5. The van der Waals surface area contributed by atoms with Crippen molar-refractivity contribution in [3.8, 4) is 0 Å². The molecule has 0 spiro atoms. The molecule has 11 nitrogen and oxygen atoms in total. The molecule has 0 aliphatic carbocycles. The van der Waals surface area contributed by atoms with E-state index in [0.717, 1.165) is 24.2 Å². The van der Waals surface area contributed by atoms with Crippen LogP contribution in [-0.4, -0.2) is 88.5 Å². The molecule has 1 aliphatic rings. The molecule has 0 radical (unpaired) electrons. The Bertz CT molecular complexity index is 1570. The van der Waals surface area contributed by atoms with E-state index in [1.807, 2.05) is 52.1 Å². The molecule has 0 bridgehead atoms. The number of amides is 4. The average Bonchev–Trinajstić information content (AvgIpc) is 3.56. The first-order valence-corrected chi connectivity index (χ1v) is 16.2. The molecule has 2 unspecified atom stereocenters. The standard InChI is InChI=1S/C35H46FN7O4/c1-7-30(44)39-32(35(47)42-19-17-41(6)18-20-42)24(5)26-13-14-28(27(36)21-26)38-34(46)31(23(4)25-11-9-22(3)10-12-25)40-33(45)29-15-16-37-43(29)8-2/h9-16,21,23-24,31-32H,7-8,17-20H2,1-6H3,(H,38,46)(H,39,44)(H,40,45)/t23?,24-,31?,32+/m0/s1. The molecule has 3 aromatic rings. The zero-order valence-corrected chi connectivity index (χ0v) is 28.0. The number of aryl methyl sites for hydroxylation is 2. The van der Waals surface area contributed by atoms with Crippen LogP contribution in [0.1, 0.15) is 73.1 Å². The topological polar surface area (TPSA) is 129 Å². The fourth-order valence-corrected chi connectivity index (χ4v) is 5.69. The number of carbonyl (C=O) groups is 4. The van der Waals surface area contributed by atoms with Crippen LogP contribution in [0.3, 0.4) is 0 Å². The Kier molecular flexibility index (Phi) is 11.9. The molecule has 1 aliphatic heterocycles. The minimum atomic E-state index is -1.04. The molecule has 4 atom stereocenters. The summed E-state index contributed by atoms with van der Waals surface area (Å²) in [5.41, 5.74) is 2.61. The van der Waals surface area contributed by atoms with E-state index in [-0.39, 0.29) is 23.9 Å². The highest BCUT2D eigenvalue weighted by atomic mass is 19.1. The van der Waals surface area contributed by atoms with Crippen molar-refractivity contribution in [2.24, 2.45) is 0 Å². The number of hydrogen-bond donors (Lipinski definition) is 3. The summed E-state index contributed by atoms with van der Waals surface area (Å²) in [4.78, 5) is 56.9. The first-order valence-electron chi connectivity index (χ1n) is 16.2. The molecule has 252 valence electrons. The molecule has 3 N–H and O–H groups in total. The molecule has 2 aromatic carbocycles. The van der Waals surface area contributed by atoms with Gasteiger partial charge in [0.1, 0.15) is 23.6 Å². The van der Waals surface area contributed by atoms with Gasteiger partial charge in [-0.1, -0.05) is 56.7 Å². The number of rotatable bonds is 12. The van der Waals surface area contributed by atoms with E-state index in [1.165, 1.54) is 23.0 Å². The predicted molar refractivity (Wildman–Crippen MR) is 178 cm³/mol. The number of carbonyl (C=O) groups excluding carboxylic acids is 4. The zero-order valence-electron chi connectivity index (χ0n) is 28.0. The largest absolute Gasteiger partial charge is 0.344 e. The Labute approximate surface area is 275 Å². The number of nitrogens with zero attached hydrogens (tertiary/aromatic N) is 4. The van der Waals surface area contributed by atoms with Crippen LogP contribution in [0.15, 0.2) is 54.7 Å². The Morgan fingerprint density at radius 1 is 0.872 bits per heavy atom. The number of likely N-dealkylation sites (N-methyl/N-ethyl adjacent to an activating group) is 1. The van der Waals surface area contributed by atoms with Crippen LogP contribution in [0, 0.1) is 12.7 Å². The second-order valence-corrected chi connectivity index (χ2v) is 12.2. The first-order chi connectivity index (χ1) is 22.4. The number of benzene rings is 2. The van der Waals surface area contributed by atoms with Gasteiger partial charge in [0.2, 0.25) is 17.7 Å². The van der Waals surface area contributed by atoms with Crippen LogP contribution in [0.2, 0.25) is 0 Å². The van der Waals surface area contributed by atoms with Crippen LogP contribution in [0.4, 0.5) is 10.1 Å². The zero-order chi connectivity index (χ0) is 34.2. The molecular weight excluding hydrogens is 601 g/mol. The van der Waals surface area contributed by atoms with Gasteiger partial charge in [-0.2, -0.15) is 5.10 Å². The monoisotopic (exact) mass is 647 g/mol. The summed E-state index contributed by atoms with van der Waals surface area (Å²) in [6, 6.07) is 11.7. The van der Waals surface area contributed by atoms with E-state index < -0.39 is 41.6 Å². The fourth-order valence-electron chi connectivity index (χ4n) is 5.69. The van der Waals surface area contributed by atoms with Gasteiger partial charge in [0, 0.05) is 57.2 Å². The molecule has 1 aromatic heterocycles. The van der Waals surface area contributed by atoms with Crippen molar-refractivity contribution in [1.82, 2.24) is 30.2 Å². The summed E-state index contributed by atoms with van der Waals surface area (Å²) in [7, 11) is 1.99. The van der Waals surface area contributed by atoms with Gasteiger partial charge in [0.15, 0.2) is 0 Å². The van der Waals surface area contributed by atoms with Crippen molar-refractivity contribution in [3.05, 3.63) is 82.9 Å². The lowest BCUT2D eigenvalue weighted by atomic mass is 9.91. The van der Waals surface area contributed by atoms with E-state index in [0.29, 0.717) is 30.9 Å². The highest BCUT2D eigenvalue weighted by Crippen LogP contribution is 2.27. The van der Waals surface area contributed by atoms with E-state index in [4.69, 9.17) is 0 Å². The molecule has 47 heavy (non-hydrogen) atoms. The van der Waals surface area contributed by atoms with E-state index in [1.54, 1.807) is 30.9 Å². The maximum atomic E-state index is 15.7. The quantitative estimate of drug-likeness (QED) is 0.275. The summed E-state index contributed by atoms with van der Waals surface area (Å²) in [6.45, 7) is 12.1. The molecule has 12 heteroatoms. The third-order valence-electron chi connectivity index (χ3n) is 8.92. The van der Waals surface area contributed by atoms with Crippen LogP contribution in [-0.2, 0) is 20.9 Å². The third-order valence-corrected chi connectivity index (χ3v) is 8.92. The summed E-state index contributed by atoms with van der Waals surface area (Å²) in [5.74, 6) is -3.25. The van der Waals surface area contributed by atoms with Gasteiger partial charge in [-0.3, -0.25) is 23.9 Å². The second-order valence-electron chi connectivity index (χ2n) is 12.2. The van der Waals surface area contributed by atoms with Crippen molar-refractivity contribution in [3.63, 3.8) is 0 Å². The Morgan fingerprint density at radius 2 is 1.51 bits per heavy atom. The smallest absolute Gasteiger partial charge is 0.270 e. The average molecular weight is 648 g/mol. The number of anilines is 1. The van der Waals surface area contributed by atoms with Gasteiger partial charge in [-0.15, -0.1) is 0 Å². The highest BCUT2D eigenvalue weighted by molar-refractivity contribution is 6.01. The van der Waals surface area contributed by atoms with E-state index in [2.05, 4.69) is 25.9 Å². The van der Waals surface area contributed by atoms with Crippen molar-refractivity contribution in [2.45, 2.75) is 71.5 Å². The maximum absolute atomic E-state index is 15.7. The minimum Gasteiger partial charge on any atom is -0.344 e. The van der Waals surface area contributed by atoms with Gasteiger partial charge in [0.25, 0.3) is 5.91 Å². The fraction of sp³-hybridized carbons (Fsp3) is 0.457. The number of hydrogen-bond acceptors (Lipinski definition) is 6. The number of aromatic nitrogens is 2. The second kappa shape index (κ2) is 15.8. The number of halogens is 1. The van der Waals surface area contributed by atoms with Crippen LogP contribution >= 0.6 is 0 Å². The van der Waals surface area contributed by atoms with Gasteiger partial charge < -0.3 is 25.8 Å². The molecular formula is C35H46FN7O4. The van der Waals surface area contributed by atoms with Gasteiger partial charge in [-0.25, -0.2) is 4.39 Å². The molecule has 4 amide bonds. The van der Waals surface area contributed by atoms with E-state index >= 15 is 4.39 Å². The third kappa shape index (κ3) is 8.62. The van der Waals surface area contributed by atoms with Crippen molar-refractivity contribution in [2.75, 3.05) is 38.5 Å². The molecule has 0 saturated carbocycles. The molecule has 2 heterocycles. The van der Waals surface area contributed by atoms with E-state index in [9.17, 15) is 19.2 Å². The van der Waals surface area contributed by atoms with Crippen molar-refractivity contribution < 1.29 is 23.6 Å². The van der Waals surface area contributed by atoms with Crippen LogP contribution in [0.25, 0.3) is 0 Å². The summed E-state index contributed by atoms with van der Waals surface area (Å²) >= 11 is 0. The lowest BCUT2D eigenvalue weighted by Gasteiger charge is -2.36. The predicted octanol–water partition coefficient (Wildman–Crippen LogP) is 3.66. The molecule has 1 saturated heterocycles. The van der Waals surface area contributed by atoms with Gasteiger partial charge in [-0.05, 0) is 50.2 Å². The normalized spacial score (nSPS) is 16.1. The highest BCUT2D eigenvalue weighted by Gasteiger charge is 2.34. The van der Waals surface area contributed by atoms with Crippen LogP contribution < -0.4 is 16.0 Å². The SMILES string of the molecule is CCC(=O)N[C@@H](C(=O)N1CCN(C)CC1)[C@@H](C)c1ccc(NC(=O)C(NC(=O)c2ccnn2CC)C(C)c2ccc(C)cc2)c(F)c1. The van der Waals surface area contributed by atoms with Gasteiger partial charge in [0.05, 0.1) is 5.69 Å². The minimum absolute atomic E-state index is 0.0700. The lowest BCUT2D eigenvalue weighted by Crippen LogP contribution is -2.55. The van der Waals surface area contributed by atoms with Crippen molar-refractivity contribution >= 4 is 29.3 Å². The lowest BCUT2D eigenvalue weighted by molar-refractivity contribution is -0.138. The maximum Gasteiger partial charge on any atom is 0.270 e.